The van der Waals surface area contributed by atoms with Crippen LogP contribution in [0.2, 0.25) is 0 Å². The second kappa shape index (κ2) is 8.55. The number of fused-ring (bicyclic) bond motifs is 8. The quantitative estimate of drug-likeness (QED) is 0.422. The Morgan fingerprint density at radius 3 is 2.92 bits per heavy atom. The molecule has 1 aromatic carbocycles. The number of benzene rings is 1. The average molecular weight is 496 g/mol. The number of likely N-dealkylation sites (N-methyl/N-ethyl adjacent to an activating group) is 1. The highest BCUT2D eigenvalue weighted by Gasteiger charge is 2.48. The molecule has 2 bridgehead atoms. The van der Waals surface area contributed by atoms with E-state index >= 15 is 0 Å². The number of ether oxygens (including phenoxy) is 1. The highest BCUT2D eigenvalue weighted by molar-refractivity contribution is 5.77. The van der Waals surface area contributed by atoms with Gasteiger partial charge < -0.3 is 15.0 Å². The number of nitrogens with one attached hydrogen (secondary N) is 1. The summed E-state index contributed by atoms with van der Waals surface area (Å²) < 4.78 is 9.25. The molecular formula is C28H29N7O2. The van der Waals surface area contributed by atoms with E-state index in [-0.39, 0.29) is 5.56 Å². The van der Waals surface area contributed by atoms with Crippen LogP contribution in [0.3, 0.4) is 0 Å². The molecule has 3 aliphatic rings. The molecule has 0 saturated heterocycles. The van der Waals surface area contributed by atoms with Crippen molar-refractivity contribution >= 4 is 22.7 Å². The van der Waals surface area contributed by atoms with Gasteiger partial charge in [-0.3, -0.25) is 4.79 Å². The van der Waals surface area contributed by atoms with Crippen LogP contribution in [0, 0.1) is 0 Å². The standard InChI is InChI=1S/C28H29N7O2/c1-33-17-19-15-20(9-10-22(19)28(18-33)11-12-28)30-27-29-16-21-25(32-27)35-23-7-6-8-24(31-23)37-14-5-3-2-4-13-34(35)26(21)36/h2,4,6-10,15-16H,3,5,11-14,17-18H2,1H3,(H,29,30,32). The first-order valence-corrected chi connectivity index (χ1v) is 12.9. The molecule has 0 amide bonds. The first-order chi connectivity index (χ1) is 18.1. The molecule has 4 aromatic rings. The van der Waals surface area contributed by atoms with Crippen molar-refractivity contribution in [3.05, 3.63) is 76.2 Å². The zero-order valence-corrected chi connectivity index (χ0v) is 20.9. The van der Waals surface area contributed by atoms with Crippen LogP contribution in [0.15, 0.2) is 59.5 Å². The second-order valence-electron chi connectivity index (χ2n) is 10.4. The van der Waals surface area contributed by atoms with Crippen LogP contribution in [0.4, 0.5) is 11.6 Å². The highest BCUT2D eigenvalue weighted by atomic mass is 16.5. The molecule has 0 atom stereocenters. The maximum atomic E-state index is 13.4. The molecule has 37 heavy (non-hydrogen) atoms. The maximum absolute atomic E-state index is 13.4. The molecule has 1 spiro atoms. The molecular weight excluding hydrogens is 466 g/mol. The van der Waals surface area contributed by atoms with Crippen molar-refractivity contribution in [3.63, 3.8) is 0 Å². The molecule has 9 nitrogen and oxygen atoms in total. The van der Waals surface area contributed by atoms with Gasteiger partial charge in [0, 0.05) is 36.5 Å². The van der Waals surface area contributed by atoms with E-state index < -0.39 is 0 Å². The number of anilines is 2. The van der Waals surface area contributed by atoms with Gasteiger partial charge in [0.05, 0.1) is 13.2 Å². The average Bonchev–Trinajstić information content (AvgIpc) is 3.59. The van der Waals surface area contributed by atoms with Crippen LogP contribution in [-0.2, 0) is 18.5 Å². The fourth-order valence-corrected chi connectivity index (χ4v) is 5.73. The largest absolute Gasteiger partial charge is 0.478 e. The van der Waals surface area contributed by atoms with E-state index in [1.54, 1.807) is 15.6 Å². The highest BCUT2D eigenvalue weighted by Crippen LogP contribution is 2.52. The Balaban J connectivity index is 1.30. The summed E-state index contributed by atoms with van der Waals surface area (Å²) in [5.41, 5.74) is 4.48. The monoisotopic (exact) mass is 495 g/mol. The zero-order valence-electron chi connectivity index (χ0n) is 20.9. The van der Waals surface area contributed by atoms with Gasteiger partial charge in [-0.25, -0.2) is 14.3 Å². The molecule has 1 aliphatic carbocycles. The van der Waals surface area contributed by atoms with E-state index in [1.165, 1.54) is 24.0 Å². The first kappa shape index (κ1) is 22.2. The SMILES string of the molecule is CN1Cc2cc(Nc3ncc4c(=O)n5n(c4n3)-c3cccc(n3)OCCCC=CC5)ccc2C2(CC2)C1. The third-order valence-electron chi connectivity index (χ3n) is 7.61. The summed E-state index contributed by atoms with van der Waals surface area (Å²) in [5, 5.41) is 3.82. The molecule has 5 heterocycles. The molecule has 9 heteroatoms. The van der Waals surface area contributed by atoms with E-state index in [1.807, 2.05) is 24.3 Å². The zero-order chi connectivity index (χ0) is 25.0. The Morgan fingerprint density at radius 2 is 2.03 bits per heavy atom. The lowest BCUT2D eigenvalue weighted by atomic mass is 9.87. The van der Waals surface area contributed by atoms with Crippen molar-refractivity contribution in [1.82, 2.24) is 29.2 Å². The third kappa shape index (κ3) is 3.90. The van der Waals surface area contributed by atoms with Crippen molar-refractivity contribution in [1.29, 1.82) is 0 Å². The molecule has 2 aliphatic heterocycles. The van der Waals surface area contributed by atoms with Gasteiger partial charge in [0.1, 0.15) is 5.39 Å². The van der Waals surface area contributed by atoms with Crippen LogP contribution >= 0.6 is 0 Å². The first-order valence-electron chi connectivity index (χ1n) is 12.9. The number of hydrogen-bond donors (Lipinski definition) is 1. The van der Waals surface area contributed by atoms with E-state index in [2.05, 4.69) is 51.5 Å². The summed E-state index contributed by atoms with van der Waals surface area (Å²) in [6.45, 7) is 3.09. The molecule has 0 unspecified atom stereocenters. The lowest BCUT2D eigenvalue weighted by Crippen LogP contribution is -2.35. The summed E-state index contributed by atoms with van der Waals surface area (Å²) in [4.78, 5) is 29.7. The number of nitrogens with zero attached hydrogens (tertiary/aromatic N) is 6. The van der Waals surface area contributed by atoms with Crippen molar-refractivity contribution < 1.29 is 4.74 Å². The minimum atomic E-state index is -0.150. The topological polar surface area (TPSA) is 90.1 Å². The van der Waals surface area contributed by atoms with Gasteiger partial charge in [-0.05, 0) is 62.1 Å². The molecule has 7 rings (SSSR count). The van der Waals surface area contributed by atoms with Crippen molar-refractivity contribution in [2.75, 3.05) is 25.5 Å². The van der Waals surface area contributed by atoms with Gasteiger partial charge in [0.25, 0.3) is 5.56 Å². The number of rotatable bonds is 2. The summed E-state index contributed by atoms with van der Waals surface area (Å²) >= 11 is 0. The van der Waals surface area contributed by atoms with Crippen LogP contribution in [0.25, 0.3) is 16.9 Å². The molecule has 1 saturated carbocycles. The third-order valence-corrected chi connectivity index (χ3v) is 7.61. The Bertz CT molecular complexity index is 1600. The van der Waals surface area contributed by atoms with Crippen LogP contribution < -0.4 is 15.6 Å². The minimum Gasteiger partial charge on any atom is -0.478 e. The fraction of sp³-hybridized carbons (Fsp3) is 0.357. The minimum absolute atomic E-state index is 0.150. The Labute approximate surface area is 214 Å². The number of hydrogen-bond acceptors (Lipinski definition) is 7. The van der Waals surface area contributed by atoms with E-state index in [9.17, 15) is 4.79 Å². The van der Waals surface area contributed by atoms with Gasteiger partial charge in [0.15, 0.2) is 11.5 Å². The van der Waals surface area contributed by atoms with E-state index in [0.717, 1.165) is 31.6 Å². The summed E-state index contributed by atoms with van der Waals surface area (Å²) in [6.07, 6.45) is 9.99. The summed E-state index contributed by atoms with van der Waals surface area (Å²) in [6, 6.07) is 12.2. The van der Waals surface area contributed by atoms with Crippen LogP contribution in [0.5, 0.6) is 5.88 Å². The molecule has 1 N–H and O–H groups in total. The van der Waals surface area contributed by atoms with Crippen LogP contribution in [0.1, 0.15) is 36.8 Å². The number of allylic oxidation sites excluding steroid dienone is 2. The Morgan fingerprint density at radius 1 is 1.11 bits per heavy atom. The maximum Gasteiger partial charge on any atom is 0.278 e. The second-order valence-corrected chi connectivity index (χ2v) is 10.4. The summed E-state index contributed by atoms with van der Waals surface area (Å²) in [7, 11) is 2.19. The van der Waals surface area contributed by atoms with Gasteiger partial charge in [-0.1, -0.05) is 24.3 Å². The lowest BCUT2D eigenvalue weighted by Gasteiger charge is -2.32. The predicted octanol–water partition coefficient (Wildman–Crippen LogP) is 3.93. The molecule has 0 radical (unpaired) electrons. The Hall–Kier alpha value is -3.98. The predicted molar refractivity (Wildman–Crippen MR) is 142 cm³/mol. The molecule has 188 valence electrons. The van der Waals surface area contributed by atoms with Crippen molar-refractivity contribution in [3.8, 4) is 11.7 Å². The smallest absolute Gasteiger partial charge is 0.278 e. The van der Waals surface area contributed by atoms with Crippen LogP contribution in [-0.4, -0.2) is 49.4 Å². The summed E-state index contributed by atoms with van der Waals surface area (Å²) in [5.74, 6) is 1.55. The van der Waals surface area contributed by atoms with Gasteiger partial charge >= 0.3 is 0 Å². The van der Waals surface area contributed by atoms with E-state index in [4.69, 9.17) is 9.72 Å². The number of aromatic nitrogens is 5. The van der Waals surface area contributed by atoms with Crippen molar-refractivity contribution in [2.45, 2.75) is 44.2 Å². The lowest BCUT2D eigenvalue weighted by molar-refractivity contribution is 0.271. The Kier molecular flexibility index (Phi) is 5.14. The van der Waals surface area contributed by atoms with E-state index in [0.29, 0.717) is 47.2 Å². The van der Waals surface area contributed by atoms with Gasteiger partial charge in [0.2, 0.25) is 11.8 Å². The normalized spacial score (nSPS) is 18.4. The number of pyridine rings is 1. The fourth-order valence-electron chi connectivity index (χ4n) is 5.73. The van der Waals surface area contributed by atoms with Gasteiger partial charge in [-0.2, -0.15) is 9.97 Å². The molecule has 1 fully saturated rings. The van der Waals surface area contributed by atoms with Crippen molar-refractivity contribution in [2.24, 2.45) is 0 Å². The molecule has 3 aromatic heterocycles. The van der Waals surface area contributed by atoms with Gasteiger partial charge in [-0.15, -0.1) is 0 Å².